The summed E-state index contributed by atoms with van der Waals surface area (Å²) >= 11 is 0. The van der Waals surface area contributed by atoms with E-state index in [2.05, 4.69) is 5.32 Å². The van der Waals surface area contributed by atoms with Gasteiger partial charge in [0.2, 0.25) is 0 Å². The van der Waals surface area contributed by atoms with Gasteiger partial charge in [-0.15, -0.1) is 0 Å². The number of amides is 1. The highest BCUT2D eigenvalue weighted by molar-refractivity contribution is 5.94. The minimum atomic E-state index is -0.521. The fourth-order valence-corrected chi connectivity index (χ4v) is 1.68. The first-order valence-corrected chi connectivity index (χ1v) is 6.47. The first-order chi connectivity index (χ1) is 9.65. The van der Waals surface area contributed by atoms with E-state index in [1.165, 1.54) is 0 Å². The fourth-order valence-electron chi connectivity index (χ4n) is 1.68. The monoisotopic (exact) mass is 270 g/mol. The molecule has 0 aliphatic carbocycles. The second-order valence-electron chi connectivity index (χ2n) is 4.55. The highest BCUT2D eigenvalue weighted by Crippen LogP contribution is 2.11. The van der Waals surface area contributed by atoms with Gasteiger partial charge in [-0.1, -0.05) is 30.3 Å². The summed E-state index contributed by atoms with van der Waals surface area (Å²) in [7, 11) is 0. The zero-order chi connectivity index (χ0) is 14.4. The molecule has 0 saturated carbocycles. The number of nitrogens with one attached hydrogen (secondary N) is 1. The smallest absolute Gasteiger partial charge is 0.253 e. The van der Waals surface area contributed by atoms with Crippen molar-refractivity contribution in [2.45, 2.75) is 19.6 Å². The van der Waals surface area contributed by atoms with Crippen molar-refractivity contribution < 1.29 is 9.53 Å². The highest BCUT2D eigenvalue weighted by Gasteiger charge is 2.13. The van der Waals surface area contributed by atoms with E-state index < -0.39 is 6.10 Å². The summed E-state index contributed by atoms with van der Waals surface area (Å²) in [5.74, 6) is -0.175. The molecule has 3 N–H and O–H groups in total. The largest absolute Gasteiger partial charge is 0.399 e. The number of hydrogen-bond acceptors (Lipinski definition) is 3. The van der Waals surface area contributed by atoms with Crippen LogP contribution in [-0.4, -0.2) is 12.0 Å². The van der Waals surface area contributed by atoms with E-state index in [0.717, 1.165) is 5.56 Å². The van der Waals surface area contributed by atoms with Gasteiger partial charge >= 0.3 is 0 Å². The van der Waals surface area contributed by atoms with E-state index in [1.807, 2.05) is 30.3 Å². The lowest BCUT2D eigenvalue weighted by Crippen LogP contribution is -2.27. The topological polar surface area (TPSA) is 64.3 Å². The summed E-state index contributed by atoms with van der Waals surface area (Å²) in [4.78, 5) is 12.0. The molecule has 1 unspecified atom stereocenters. The van der Waals surface area contributed by atoms with Crippen molar-refractivity contribution in [2.24, 2.45) is 0 Å². The normalized spacial score (nSPS) is 11.8. The summed E-state index contributed by atoms with van der Waals surface area (Å²) < 4.78 is 5.55. The number of benzene rings is 2. The molecule has 0 spiro atoms. The van der Waals surface area contributed by atoms with Crippen LogP contribution < -0.4 is 11.1 Å². The van der Waals surface area contributed by atoms with E-state index in [0.29, 0.717) is 18.0 Å². The molecule has 0 aromatic heterocycles. The summed E-state index contributed by atoms with van der Waals surface area (Å²) in [6.45, 7) is 2.15. The molecule has 0 radical (unpaired) electrons. The van der Waals surface area contributed by atoms with E-state index in [-0.39, 0.29) is 5.91 Å². The van der Waals surface area contributed by atoms with Crippen molar-refractivity contribution in [3.05, 3.63) is 60.2 Å². The van der Waals surface area contributed by atoms with Crippen LogP contribution in [0.2, 0.25) is 0 Å². The van der Waals surface area contributed by atoms with E-state index >= 15 is 0 Å². The standard InChI is InChI=1S/C16H18N2O2/c1-12(20-11-13-5-3-2-4-6-13)16(19)18-15-9-7-14(17)8-10-15/h2-10,12H,11,17H2,1H3,(H,18,19). The average Bonchev–Trinajstić information content (AvgIpc) is 2.48. The third-order valence-electron chi connectivity index (χ3n) is 2.89. The van der Waals surface area contributed by atoms with Gasteiger partial charge in [-0.25, -0.2) is 0 Å². The van der Waals surface area contributed by atoms with Crippen LogP contribution in [0.4, 0.5) is 11.4 Å². The second-order valence-corrected chi connectivity index (χ2v) is 4.55. The van der Waals surface area contributed by atoms with Gasteiger partial charge in [0, 0.05) is 11.4 Å². The van der Waals surface area contributed by atoms with Crippen LogP contribution in [-0.2, 0) is 16.1 Å². The molecule has 1 atom stereocenters. The number of nitrogens with two attached hydrogens (primary N) is 1. The Balaban J connectivity index is 1.84. The minimum Gasteiger partial charge on any atom is -0.399 e. The van der Waals surface area contributed by atoms with E-state index in [4.69, 9.17) is 10.5 Å². The first kappa shape index (κ1) is 14.1. The molecule has 0 saturated heterocycles. The van der Waals surface area contributed by atoms with Gasteiger partial charge in [-0.2, -0.15) is 0 Å². The van der Waals surface area contributed by atoms with Crippen LogP contribution in [0.25, 0.3) is 0 Å². The van der Waals surface area contributed by atoms with Crippen molar-refractivity contribution >= 4 is 17.3 Å². The number of hydrogen-bond donors (Lipinski definition) is 2. The Morgan fingerprint density at radius 3 is 2.45 bits per heavy atom. The van der Waals surface area contributed by atoms with Gasteiger partial charge in [0.05, 0.1) is 6.61 Å². The molecule has 0 bridgehead atoms. The van der Waals surface area contributed by atoms with Crippen molar-refractivity contribution in [3.8, 4) is 0 Å². The summed E-state index contributed by atoms with van der Waals surface area (Å²) in [5.41, 5.74) is 8.00. The molecule has 0 aliphatic rings. The van der Waals surface area contributed by atoms with E-state index in [9.17, 15) is 4.79 Å². The molecule has 104 valence electrons. The molecular formula is C16H18N2O2. The molecule has 4 heteroatoms. The maximum absolute atomic E-state index is 12.0. The van der Waals surface area contributed by atoms with E-state index in [1.54, 1.807) is 31.2 Å². The summed E-state index contributed by atoms with van der Waals surface area (Å²) in [6, 6.07) is 16.8. The summed E-state index contributed by atoms with van der Waals surface area (Å²) in [5, 5.41) is 2.79. The Kier molecular flexibility index (Phi) is 4.74. The number of nitrogen functional groups attached to an aromatic ring is 1. The van der Waals surface area contributed by atoms with Crippen molar-refractivity contribution in [2.75, 3.05) is 11.1 Å². The molecule has 0 fully saturated rings. The maximum Gasteiger partial charge on any atom is 0.253 e. The maximum atomic E-state index is 12.0. The highest BCUT2D eigenvalue weighted by atomic mass is 16.5. The molecule has 2 aromatic rings. The van der Waals surface area contributed by atoms with Crippen LogP contribution in [0, 0.1) is 0 Å². The fraction of sp³-hybridized carbons (Fsp3) is 0.188. The Bertz CT molecular complexity index is 552. The molecule has 1 amide bonds. The molecule has 4 nitrogen and oxygen atoms in total. The lowest BCUT2D eigenvalue weighted by atomic mass is 10.2. The minimum absolute atomic E-state index is 0.175. The average molecular weight is 270 g/mol. The predicted octanol–water partition coefficient (Wildman–Crippen LogP) is 2.81. The van der Waals surface area contributed by atoms with Crippen LogP contribution in [0.1, 0.15) is 12.5 Å². The van der Waals surface area contributed by atoms with Crippen molar-refractivity contribution in [1.29, 1.82) is 0 Å². The van der Waals surface area contributed by atoms with Crippen LogP contribution >= 0.6 is 0 Å². The zero-order valence-electron chi connectivity index (χ0n) is 11.4. The SMILES string of the molecule is CC(OCc1ccccc1)C(=O)Nc1ccc(N)cc1. The van der Waals surface area contributed by atoms with Crippen LogP contribution in [0.5, 0.6) is 0 Å². The first-order valence-electron chi connectivity index (χ1n) is 6.47. The number of carbonyl (C=O) groups is 1. The predicted molar refractivity (Wildman–Crippen MR) is 80.2 cm³/mol. The number of ether oxygens (including phenoxy) is 1. The molecule has 20 heavy (non-hydrogen) atoms. The van der Waals surface area contributed by atoms with Gasteiger partial charge in [-0.3, -0.25) is 4.79 Å². The molecular weight excluding hydrogens is 252 g/mol. The lowest BCUT2D eigenvalue weighted by Gasteiger charge is -2.13. The molecule has 0 aliphatic heterocycles. The van der Waals surface area contributed by atoms with Gasteiger partial charge in [0.1, 0.15) is 6.10 Å². The number of anilines is 2. The van der Waals surface area contributed by atoms with Crippen LogP contribution in [0.3, 0.4) is 0 Å². The van der Waals surface area contributed by atoms with Gasteiger partial charge in [-0.05, 0) is 36.8 Å². The van der Waals surface area contributed by atoms with Gasteiger partial charge in [0.25, 0.3) is 5.91 Å². The third kappa shape index (κ3) is 4.10. The van der Waals surface area contributed by atoms with Gasteiger partial charge in [0.15, 0.2) is 0 Å². The Morgan fingerprint density at radius 2 is 1.80 bits per heavy atom. The van der Waals surface area contributed by atoms with Gasteiger partial charge < -0.3 is 15.8 Å². The third-order valence-corrected chi connectivity index (χ3v) is 2.89. The van der Waals surface area contributed by atoms with Crippen molar-refractivity contribution in [1.82, 2.24) is 0 Å². The quantitative estimate of drug-likeness (QED) is 0.821. The Morgan fingerprint density at radius 1 is 1.15 bits per heavy atom. The summed E-state index contributed by atoms with van der Waals surface area (Å²) in [6.07, 6.45) is -0.521. The second kappa shape index (κ2) is 6.73. The zero-order valence-corrected chi connectivity index (χ0v) is 11.4. The number of rotatable bonds is 5. The molecule has 2 aromatic carbocycles. The lowest BCUT2D eigenvalue weighted by molar-refractivity contribution is -0.127. The van der Waals surface area contributed by atoms with Crippen molar-refractivity contribution in [3.63, 3.8) is 0 Å². The Hall–Kier alpha value is -2.33. The van der Waals surface area contributed by atoms with Crippen LogP contribution in [0.15, 0.2) is 54.6 Å². The molecule has 2 rings (SSSR count). The Labute approximate surface area is 118 Å². The number of carbonyl (C=O) groups excluding carboxylic acids is 1. The molecule has 0 heterocycles.